The summed E-state index contributed by atoms with van der Waals surface area (Å²) in [4.78, 5) is 2.17. The molecule has 0 aromatic rings. The third-order valence-electron chi connectivity index (χ3n) is 3.10. The predicted octanol–water partition coefficient (Wildman–Crippen LogP) is 1.49. The minimum atomic E-state index is 0.799. The molecule has 3 heteroatoms. The lowest BCUT2D eigenvalue weighted by molar-refractivity contribution is 0.0659. The summed E-state index contributed by atoms with van der Waals surface area (Å²) < 4.78 is 5.26. The summed E-state index contributed by atoms with van der Waals surface area (Å²) in [6.07, 6.45) is 5.06. The van der Waals surface area contributed by atoms with Gasteiger partial charge in [0, 0.05) is 19.5 Å². The lowest BCUT2D eigenvalue weighted by Gasteiger charge is -2.33. The summed E-state index contributed by atoms with van der Waals surface area (Å²) in [5.41, 5.74) is 0. The number of rotatable bonds is 2. The zero-order valence-electron chi connectivity index (χ0n) is 8.09. The number of amidine groups is 1. The molecule has 0 atom stereocenters. The third kappa shape index (κ3) is 2.21. The maximum Gasteiger partial charge on any atom is 0.0962 e. The normalized spacial score (nSPS) is 24.2. The van der Waals surface area contributed by atoms with Gasteiger partial charge in [0.25, 0.3) is 0 Å². The largest absolute Gasteiger partial charge is 0.378 e. The quantitative estimate of drug-likeness (QED) is 0.519. The molecule has 1 saturated heterocycles. The average molecular weight is 182 g/mol. The molecule has 0 spiro atoms. The van der Waals surface area contributed by atoms with E-state index in [0.29, 0.717) is 0 Å². The molecule has 74 valence electrons. The Morgan fingerprint density at radius 1 is 1.31 bits per heavy atom. The Hall–Kier alpha value is -0.570. The van der Waals surface area contributed by atoms with E-state index < -0.39 is 0 Å². The van der Waals surface area contributed by atoms with Crippen molar-refractivity contribution in [2.24, 2.45) is 5.92 Å². The first-order valence-corrected chi connectivity index (χ1v) is 5.26. The number of hydrogen-bond acceptors (Lipinski definition) is 2. The van der Waals surface area contributed by atoms with E-state index >= 15 is 0 Å². The highest BCUT2D eigenvalue weighted by Crippen LogP contribution is 2.29. The second-order valence-corrected chi connectivity index (χ2v) is 4.05. The molecule has 0 radical (unpaired) electrons. The summed E-state index contributed by atoms with van der Waals surface area (Å²) >= 11 is 0. The first-order chi connectivity index (χ1) is 6.36. The number of hydrogen-bond donors (Lipinski definition) is 1. The van der Waals surface area contributed by atoms with Gasteiger partial charge >= 0.3 is 0 Å². The van der Waals surface area contributed by atoms with Crippen LogP contribution < -0.4 is 0 Å². The molecular formula is C10H18N2O. The molecule has 13 heavy (non-hydrogen) atoms. The second kappa shape index (κ2) is 4.09. The molecule has 3 nitrogen and oxygen atoms in total. The van der Waals surface area contributed by atoms with E-state index in [1.165, 1.54) is 19.3 Å². The van der Waals surface area contributed by atoms with Gasteiger partial charge in [-0.15, -0.1) is 0 Å². The van der Waals surface area contributed by atoms with Crippen molar-refractivity contribution in [1.82, 2.24) is 4.90 Å². The van der Waals surface area contributed by atoms with Gasteiger partial charge in [-0.1, -0.05) is 19.3 Å². The molecule has 2 fully saturated rings. The Morgan fingerprint density at radius 3 is 2.54 bits per heavy atom. The van der Waals surface area contributed by atoms with Gasteiger partial charge in [0.2, 0.25) is 0 Å². The van der Waals surface area contributed by atoms with Crippen molar-refractivity contribution < 1.29 is 4.74 Å². The van der Waals surface area contributed by atoms with Gasteiger partial charge in [-0.3, -0.25) is 5.41 Å². The highest BCUT2D eigenvalue weighted by molar-refractivity contribution is 5.79. The van der Waals surface area contributed by atoms with Gasteiger partial charge < -0.3 is 9.64 Å². The monoisotopic (exact) mass is 182 g/mol. The van der Waals surface area contributed by atoms with Crippen LogP contribution in [0.25, 0.3) is 0 Å². The fourth-order valence-corrected chi connectivity index (χ4v) is 1.93. The molecule has 0 unspecified atom stereocenters. The Balaban J connectivity index is 1.74. The molecule has 2 aliphatic rings. The topological polar surface area (TPSA) is 36.3 Å². The van der Waals surface area contributed by atoms with E-state index in [-0.39, 0.29) is 0 Å². The highest BCUT2D eigenvalue weighted by atomic mass is 16.5. The molecule has 1 saturated carbocycles. The predicted molar refractivity (Wildman–Crippen MR) is 52.1 cm³/mol. The van der Waals surface area contributed by atoms with E-state index in [1.807, 2.05) is 0 Å². The first-order valence-electron chi connectivity index (χ1n) is 5.26. The summed E-state index contributed by atoms with van der Waals surface area (Å²) in [6.45, 7) is 3.44. The van der Waals surface area contributed by atoms with Crippen LogP contribution in [-0.4, -0.2) is 37.0 Å². The lowest BCUT2D eigenvalue weighted by atomic mass is 9.82. The van der Waals surface area contributed by atoms with Crippen LogP contribution >= 0.6 is 0 Å². The van der Waals surface area contributed by atoms with Gasteiger partial charge in [0.15, 0.2) is 0 Å². The van der Waals surface area contributed by atoms with Crippen molar-refractivity contribution in [1.29, 1.82) is 5.41 Å². The Kier molecular flexibility index (Phi) is 2.83. The highest BCUT2D eigenvalue weighted by Gasteiger charge is 2.22. The standard InChI is InChI=1S/C10H18N2O/c11-10(8-9-2-1-3-9)12-4-6-13-7-5-12/h9,11H,1-8H2. The van der Waals surface area contributed by atoms with E-state index in [0.717, 1.165) is 44.5 Å². The maximum absolute atomic E-state index is 7.92. The lowest BCUT2D eigenvalue weighted by Crippen LogP contribution is -2.41. The van der Waals surface area contributed by atoms with Gasteiger partial charge in [-0.25, -0.2) is 0 Å². The Morgan fingerprint density at radius 2 is 2.00 bits per heavy atom. The molecule has 1 aliphatic heterocycles. The van der Waals surface area contributed by atoms with E-state index in [4.69, 9.17) is 10.1 Å². The summed E-state index contributed by atoms with van der Waals surface area (Å²) in [5, 5.41) is 7.92. The molecule has 1 N–H and O–H groups in total. The summed E-state index contributed by atoms with van der Waals surface area (Å²) in [6, 6.07) is 0. The number of morpholine rings is 1. The third-order valence-corrected chi connectivity index (χ3v) is 3.10. The molecule has 1 aliphatic carbocycles. The van der Waals surface area contributed by atoms with Gasteiger partial charge in [-0.05, 0) is 5.92 Å². The van der Waals surface area contributed by atoms with Crippen LogP contribution in [0.3, 0.4) is 0 Å². The second-order valence-electron chi connectivity index (χ2n) is 4.05. The van der Waals surface area contributed by atoms with Crippen molar-refractivity contribution in [3.8, 4) is 0 Å². The van der Waals surface area contributed by atoms with Crippen molar-refractivity contribution in [3.63, 3.8) is 0 Å². The summed E-state index contributed by atoms with van der Waals surface area (Å²) in [5.74, 6) is 1.66. The van der Waals surface area contributed by atoms with E-state index in [9.17, 15) is 0 Å². The zero-order valence-corrected chi connectivity index (χ0v) is 8.09. The van der Waals surface area contributed by atoms with Crippen LogP contribution in [0.1, 0.15) is 25.7 Å². The fourth-order valence-electron chi connectivity index (χ4n) is 1.93. The number of ether oxygens (including phenoxy) is 1. The van der Waals surface area contributed by atoms with Crippen molar-refractivity contribution in [2.45, 2.75) is 25.7 Å². The molecule has 2 rings (SSSR count). The van der Waals surface area contributed by atoms with Crippen molar-refractivity contribution >= 4 is 5.84 Å². The van der Waals surface area contributed by atoms with Crippen LogP contribution in [0.2, 0.25) is 0 Å². The van der Waals surface area contributed by atoms with Crippen LogP contribution in [-0.2, 0) is 4.74 Å². The molecule has 0 aromatic carbocycles. The average Bonchev–Trinajstić information content (AvgIpc) is 2.12. The number of nitrogens with one attached hydrogen (secondary N) is 1. The van der Waals surface area contributed by atoms with Crippen LogP contribution in [0.5, 0.6) is 0 Å². The van der Waals surface area contributed by atoms with Crippen LogP contribution in [0, 0.1) is 11.3 Å². The Labute approximate surface area is 79.6 Å². The van der Waals surface area contributed by atoms with Gasteiger partial charge in [0.05, 0.1) is 19.0 Å². The molecule has 0 aromatic heterocycles. The fraction of sp³-hybridized carbons (Fsp3) is 0.900. The smallest absolute Gasteiger partial charge is 0.0962 e. The Bertz CT molecular complexity index is 183. The van der Waals surface area contributed by atoms with E-state index in [1.54, 1.807) is 0 Å². The van der Waals surface area contributed by atoms with Crippen molar-refractivity contribution in [3.05, 3.63) is 0 Å². The molecular weight excluding hydrogens is 164 g/mol. The molecule has 0 bridgehead atoms. The number of nitrogens with zero attached hydrogens (tertiary/aromatic N) is 1. The molecule has 1 heterocycles. The van der Waals surface area contributed by atoms with E-state index in [2.05, 4.69) is 4.90 Å². The maximum atomic E-state index is 7.92. The minimum absolute atomic E-state index is 0.799. The van der Waals surface area contributed by atoms with Crippen LogP contribution in [0.4, 0.5) is 0 Å². The van der Waals surface area contributed by atoms with Gasteiger partial charge in [0.1, 0.15) is 0 Å². The summed E-state index contributed by atoms with van der Waals surface area (Å²) in [7, 11) is 0. The van der Waals surface area contributed by atoms with Crippen molar-refractivity contribution in [2.75, 3.05) is 26.3 Å². The SMILES string of the molecule is N=C(CC1CCC1)N1CCOCC1. The van der Waals surface area contributed by atoms with Gasteiger partial charge in [-0.2, -0.15) is 0 Å². The first kappa shape index (κ1) is 9.00. The molecule has 0 amide bonds. The minimum Gasteiger partial charge on any atom is -0.378 e. The zero-order chi connectivity index (χ0) is 9.10. The van der Waals surface area contributed by atoms with Crippen LogP contribution in [0.15, 0.2) is 0 Å².